The average molecular weight is 253 g/mol. The van der Waals surface area contributed by atoms with Gasteiger partial charge in [-0.05, 0) is 40.0 Å². The van der Waals surface area contributed by atoms with Gasteiger partial charge < -0.3 is 10.1 Å². The van der Waals surface area contributed by atoms with E-state index < -0.39 is 5.60 Å². The molecule has 0 aromatic heterocycles. The normalized spacial score (nSPS) is 19.4. The zero-order valence-electron chi connectivity index (χ0n) is 11.5. The third kappa shape index (κ3) is 6.42. The van der Waals surface area contributed by atoms with E-state index in [1.807, 2.05) is 20.8 Å². The van der Waals surface area contributed by atoms with Crippen LogP contribution in [0.4, 0.5) is 0 Å². The molecule has 1 N–H and O–H groups in total. The van der Waals surface area contributed by atoms with E-state index in [4.69, 9.17) is 4.74 Å². The lowest BCUT2D eigenvalue weighted by molar-refractivity contribution is -0.155. The molecule has 1 atom stereocenters. The molecule has 102 valence electrons. The van der Waals surface area contributed by atoms with E-state index >= 15 is 0 Å². The highest BCUT2D eigenvalue weighted by molar-refractivity contribution is 5.81. The van der Waals surface area contributed by atoms with Crippen molar-refractivity contribution in [3.63, 3.8) is 0 Å². The minimum Gasteiger partial charge on any atom is -0.460 e. The van der Waals surface area contributed by atoms with Crippen LogP contribution < -0.4 is 5.32 Å². The summed E-state index contributed by atoms with van der Waals surface area (Å²) in [7, 11) is 0. The number of nitrogens with one attached hydrogen (secondary N) is 1. The van der Waals surface area contributed by atoms with Gasteiger partial charge in [-0.3, -0.25) is 9.59 Å². The number of allylic oxidation sites excluding steroid dienone is 1. The van der Waals surface area contributed by atoms with Gasteiger partial charge in [0.25, 0.3) is 0 Å². The Morgan fingerprint density at radius 2 is 2.00 bits per heavy atom. The molecule has 1 amide bonds. The first-order chi connectivity index (χ1) is 8.37. The van der Waals surface area contributed by atoms with Crippen LogP contribution in [0.25, 0.3) is 0 Å². The minimum atomic E-state index is -0.484. The summed E-state index contributed by atoms with van der Waals surface area (Å²) in [5.74, 6) is -0.387. The highest BCUT2D eigenvalue weighted by Gasteiger charge is 2.18. The molecule has 0 aromatic rings. The summed E-state index contributed by atoms with van der Waals surface area (Å²) in [5.41, 5.74) is -0.484. The molecule has 4 heteroatoms. The van der Waals surface area contributed by atoms with Crippen LogP contribution >= 0.6 is 0 Å². The molecule has 0 aliphatic heterocycles. The molecule has 0 spiro atoms. The second-order valence-electron chi connectivity index (χ2n) is 5.64. The molecule has 1 rings (SSSR count). The summed E-state index contributed by atoms with van der Waals surface area (Å²) in [6, 6.07) is 0.223. The number of hydrogen-bond acceptors (Lipinski definition) is 3. The quantitative estimate of drug-likeness (QED) is 0.618. The first kappa shape index (κ1) is 14.7. The van der Waals surface area contributed by atoms with Crippen molar-refractivity contribution in [2.45, 2.75) is 64.5 Å². The van der Waals surface area contributed by atoms with Crippen molar-refractivity contribution in [2.75, 3.05) is 0 Å². The van der Waals surface area contributed by atoms with Gasteiger partial charge in [0.05, 0.1) is 6.42 Å². The molecule has 0 heterocycles. The van der Waals surface area contributed by atoms with Gasteiger partial charge in [0, 0.05) is 12.5 Å². The van der Waals surface area contributed by atoms with Crippen LogP contribution in [0.2, 0.25) is 0 Å². The van der Waals surface area contributed by atoms with Gasteiger partial charge in [0.2, 0.25) is 5.91 Å². The second-order valence-corrected chi connectivity index (χ2v) is 5.64. The Morgan fingerprint density at radius 3 is 2.56 bits per heavy atom. The molecule has 4 nitrogen and oxygen atoms in total. The SMILES string of the molecule is CC(C)(C)OC(=O)CCC(=O)NC1CC=CCC1. The molecule has 0 saturated carbocycles. The molecule has 0 aromatic carbocycles. The lowest BCUT2D eigenvalue weighted by atomic mass is 10.0. The first-order valence-electron chi connectivity index (χ1n) is 6.53. The van der Waals surface area contributed by atoms with Crippen molar-refractivity contribution in [3.05, 3.63) is 12.2 Å². The largest absolute Gasteiger partial charge is 0.460 e. The lowest BCUT2D eigenvalue weighted by Crippen LogP contribution is -2.35. The first-order valence-corrected chi connectivity index (χ1v) is 6.53. The molecule has 18 heavy (non-hydrogen) atoms. The van der Waals surface area contributed by atoms with E-state index in [0.717, 1.165) is 19.3 Å². The maximum absolute atomic E-state index is 11.6. The third-order valence-corrected chi connectivity index (χ3v) is 2.61. The second kappa shape index (κ2) is 6.57. The van der Waals surface area contributed by atoms with E-state index in [1.54, 1.807) is 0 Å². The molecule has 0 bridgehead atoms. The van der Waals surface area contributed by atoms with Crippen LogP contribution in [-0.2, 0) is 14.3 Å². The Kier molecular flexibility index (Phi) is 5.38. The fourth-order valence-electron chi connectivity index (χ4n) is 1.83. The summed E-state index contributed by atoms with van der Waals surface area (Å²) in [6.07, 6.45) is 7.44. The van der Waals surface area contributed by atoms with Crippen molar-refractivity contribution in [1.29, 1.82) is 0 Å². The Morgan fingerprint density at radius 1 is 1.28 bits per heavy atom. The van der Waals surface area contributed by atoms with E-state index in [1.165, 1.54) is 0 Å². The lowest BCUT2D eigenvalue weighted by Gasteiger charge is -2.20. The van der Waals surface area contributed by atoms with Crippen molar-refractivity contribution in [3.8, 4) is 0 Å². The standard InChI is InChI=1S/C14H23NO3/c1-14(2,3)18-13(17)10-9-12(16)15-11-7-5-4-6-8-11/h4-5,11H,6-10H2,1-3H3,(H,15,16). The highest BCUT2D eigenvalue weighted by atomic mass is 16.6. The maximum atomic E-state index is 11.6. The van der Waals surface area contributed by atoms with Crippen LogP contribution in [0.15, 0.2) is 12.2 Å². The van der Waals surface area contributed by atoms with Crippen LogP contribution in [0.5, 0.6) is 0 Å². The molecule has 0 saturated heterocycles. The predicted molar refractivity (Wildman–Crippen MR) is 70.0 cm³/mol. The predicted octanol–water partition coefficient (Wildman–Crippen LogP) is 2.33. The van der Waals surface area contributed by atoms with Crippen molar-refractivity contribution < 1.29 is 14.3 Å². The molecule has 1 aliphatic rings. The van der Waals surface area contributed by atoms with E-state index in [2.05, 4.69) is 17.5 Å². The fourth-order valence-corrected chi connectivity index (χ4v) is 1.83. The van der Waals surface area contributed by atoms with E-state index in [9.17, 15) is 9.59 Å². The van der Waals surface area contributed by atoms with Crippen LogP contribution in [0.1, 0.15) is 52.9 Å². The van der Waals surface area contributed by atoms with Gasteiger partial charge in [0.15, 0.2) is 0 Å². The molecular formula is C14H23NO3. The zero-order chi connectivity index (χ0) is 13.6. The van der Waals surface area contributed by atoms with Gasteiger partial charge in [-0.15, -0.1) is 0 Å². The molecule has 0 fully saturated rings. The molecule has 1 unspecified atom stereocenters. The maximum Gasteiger partial charge on any atom is 0.306 e. The van der Waals surface area contributed by atoms with Gasteiger partial charge in [-0.2, -0.15) is 0 Å². The van der Waals surface area contributed by atoms with Crippen LogP contribution in [0, 0.1) is 0 Å². The number of ether oxygens (including phenoxy) is 1. The number of esters is 1. The van der Waals surface area contributed by atoms with Crippen molar-refractivity contribution in [1.82, 2.24) is 5.32 Å². The Labute approximate surface area is 109 Å². The van der Waals surface area contributed by atoms with Crippen molar-refractivity contribution in [2.24, 2.45) is 0 Å². The topological polar surface area (TPSA) is 55.4 Å². The fraction of sp³-hybridized carbons (Fsp3) is 0.714. The minimum absolute atomic E-state index is 0.0684. The van der Waals surface area contributed by atoms with Gasteiger partial charge >= 0.3 is 5.97 Å². The summed E-state index contributed by atoms with van der Waals surface area (Å²) in [4.78, 5) is 23.1. The van der Waals surface area contributed by atoms with Crippen LogP contribution in [0.3, 0.4) is 0 Å². The smallest absolute Gasteiger partial charge is 0.306 e. The molecular weight excluding hydrogens is 230 g/mol. The summed E-state index contributed by atoms with van der Waals surface area (Å²) >= 11 is 0. The van der Waals surface area contributed by atoms with E-state index in [0.29, 0.717) is 0 Å². The molecule has 1 aliphatic carbocycles. The summed E-state index contributed by atoms with van der Waals surface area (Å²) in [5, 5.41) is 2.94. The number of hydrogen-bond donors (Lipinski definition) is 1. The summed E-state index contributed by atoms with van der Waals surface area (Å²) < 4.78 is 5.15. The molecule has 0 radical (unpaired) electrons. The summed E-state index contributed by atoms with van der Waals surface area (Å²) in [6.45, 7) is 5.46. The number of amides is 1. The number of rotatable bonds is 4. The van der Waals surface area contributed by atoms with E-state index in [-0.39, 0.29) is 30.8 Å². The average Bonchev–Trinajstić information content (AvgIpc) is 2.25. The Balaban J connectivity index is 2.20. The Bertz CT molecular complexity index is 328. The number of carbonyl (C=O) groups excluding carboxylic acids is 2. The third-order valence-electron chi connectivity index (χ3n) is 2.61. The highest BCUT2D eigenvalue weighted by Crippen LogP contribution is 2.12. The monoisotopic (exact) mass is 253 g/mol. The van der Waals surface area contributed by atoms with Gasteiger partial charge in [-0.25, -0.2) is 0 Å². The Hall–Kier alpha value is -1.32. The van der Waals surface area contributed by atoms with Gasteiger partial charge in [0.1, 0.15) is 5.60 Å². The van der Waals surface area contributed by atoms with Gasteiger partial charge in [-0.1, -0.05) is 12.2 Å². The zero-order valence-corrected chi connectivity index (χ0v) is 11.5. The van der Waals surface area contributed by atoms with Crippen molar-refractivity contribution >= 4 is 11.9 Å². The number of carbonyl (C=O) groups is 2. The van der Waals surface area contributed by atoms with Crippen LogP contribution in [-0.4, -0.2) is 23.5 Å².